The van der Waals surface area contributed by atoms with E-state index in [0.717, 1.165) is 5.75 Å². The van der Waals surface area contributed by atoms with Crippen molar-refractivity contribution in [3.8, 4) is 5.75 Å². The molecule has 0 fully saturated rings. The van der Waals surface area contributed by atoms with E-state index in [9.17, 15) is 0 Å². The molecule has 15 heavy (non-hydrogen) atoms. The number of ether oxygens (including phenoxy) is 1. The minimum atomic E-state index is -0.0640. The predicted molar refractivity (Wildman–Crippen MR) is 64.3 cm³/mol. The van der Waals surface area contributed by atoms with E-state index in [0.29, 0.717) is 0 Å². The van der Waals surface area contributed by atoms with E-state index in [1.165, 1.54) is 5.56 Å². The van der Waals surface area contributed by atoms with Gasteiger partial charge in [-0.15, -0.1) is 0 Å². The summed E-state index contributed by atoms with van der Waals surface area (Å²) >= 11 is 0. The summed E-state index contributed by atoms with van der Waals surface area (Å²) < 4.78 is 5.79. The van der Waals surface area contributed by atoms with Gasteiger partial charge in [0.15, 0.2) is 0 Å². The van der Waals surface area contributed by atoms with Crippen LogP contribution < -0.4 is 10.1 Å². The maximum Gasteiger partial charge on any atom is 0.124 e. The molecule has 0 aliphatic heterocycles. The van der Waals surface area contributed by atoms with Crippen LogP contribution in [0.2, 0.25) is 0 Å². The molecule has 1 N–H and O–H groups in total. The van der Waals surface area contributed by atoms with Gasteiger partial charge in [0, 0.05) is 11.1 Å². The minimum Gasteiger partial charge on any atom is -0.491 e. The number of benzene rings is 1. The van der Waals surface area contributed by atoms with Crippen LogP contribution in [-0.4, -0.2) is 13.2 Å². The van der Waals surface area contributed by atoms with E-state index >= 15 is 0 Å². The van der Waals surface area contributed by atoms with Crippen LogP contribution in [0.5, 0.6) is 5.75 Å². The van der Waals surface area contributed by atoms with Crippen molar-refractivity contribution in [1.82, 2.24) is 5.32 Å². The van der Waals surface area contributed by atoms with E-state index in [2.05, 4.69) is 25.2 Å². The molecule has 1 rings (SSSR count). The van der Waals surface area contributed by atoms with Gasteiger partial charge < -0.3 is 10.1 Å². The second-order valence-corrected chi connectivity index (χ2v) is 4.54. The van der Waals surface area contributed by atoms with E-state index in [1.807, 2.05) is 39.1 Å². The maximum absolute atomic E-state index is 5.79. The Labute approximate surface area is 92.6 Å². The lowest BCUT2D eigenvalue weighted by molar-refractivity contribution is 0.234. The van der Waals surface area contributed by atoms with Gasteiger partial charge >= 0.3 is 0 Å². The first kappa shape index (κ1) is 12.1. The lowest BCUT2D eigenvalue weighted by Gasteiger charge is -2.27. The fourth-order valence-electron chi connectivity index (χ4n) is 1.47. The molecule has 0 heterocycles. The van der Waals surface area contributed by atoms with Crippen molar-refractivity contribution in [2.75, 3.05) is 7.05 Å². The van der Waals surface area contributed by atoms with Crippen LogP contribution in [0.4, 0.5) is 0 Å². The molecule has 84 valence electrons. The maximum atomic E-state index is 5.79. The summed E-state index contributed by atoms with van der Waals surface area (Å²) in [5.41, 5.74) is 1.13. The summed E-state index contributed by atoms with van der Waals surface area (Å²) in [6.45, 7) is 8.39. The summed E-state index contributed by atoms with van der Waals surface area (Å²) in [5, 5.41) is 3.29. The summed E-state index contributed by atoms with van der Waals surface area (Å²) in [5.74, 6) is 0.965. The number of rotatable bonds is 4. The van der Waals surface area contributed by atoms with Crippen LogP contribution in [0.15, 0.2) is 24.3 Å². The largest absolute Gasteiger partial charge is 0.491 e. The van der Waals surface area contributed by atoms with Crippen LogP contribution in [0.1, 0.15) is 33.3 Å². The third kappa shape index (κ3) is 2.96. The molecule has 2 nitrogen and oxygen atoms in total. The second kappa shape index (κ2) is 4.67. The highest BCUT2D eigenvalue weighted by Gasteiger charge is 2.22. The van der Waals surface area contributed by atoms with Gasteiger partial charge in [0.1, 0.15) is 5.75 Å². The third-order valence-electron chi connectivity index (χ3n) is 2.55. The van der Waals surface area contributed by atoms with E-state index in [4.69, 9.17) is 4.74 Å². The van der Waals surface area contributed by atoms with Gasteiger partial charge in [-0.05, 0) is 40.8 Å². The molecule has 0 saturated carbocycles. The number of hydrogen-bond donors (Lipinski definition) is 1. The molecular weight excluding hydrogens is 186 g/mol. The van der Waals surface area contributed by atoms with Crippen molar-refractivity contribution in [3.63, 3.8) is 0 Å². The molecule has 0 aliphatic carbocycles. The third-order valence-corrected chi connectivity index (χ3v) is 2.55. The predicted octanol–water partition coefficient (Wildman–Crippen LogP) is 2.93. The number of nitrogens with one attached hydrogen (secondary N) is 1. The first-order valence-electron chi connectivity index (χ1n) is 5.42. The zero-order valence-electron chi connectivity index (χ0n) is 10.3. The van der Waals surface area contributed by atoms with Crippen LogP contribution in [0.25, 0.3) is 0 Å². The lowest BCUT2D eigenvalue weighted by Crippen LogP contribution is -2.33. The molecule has 0 saturated heterocycles. The van der Waals surface area contributed by atoms with Crippen molar-refractivity contribution < 1.29 is 4.74 Å². The first-order valence-corrected chi connectivity index (χ1v) is 5.42. The van der Waals surface area contributed by atoms with Gasteiger partial charge in [0.05, 0.1) is 6.10 Å². The van der Waals surface area contributed by atoms with Crippen molar-refractivity contribution in [2.24, 2.45) is 0 Å². The van der Waals surface area contributed by atoms with Crippen LogP contribution in [0.3, 0.4) is 0 Å². The summed E-state index contributed by atoms with van der Waals surface area (Å²) in [7, 11) is 1.96. The average molecular weight is 207 g/mol. The summed E-state index contributed by atoms with van der Waals surface area (Å²) in [6.07, 6.45) is 0.207. The molecule has 0 radical (unpaired) electrons. The Balaban J connectivity index is 3.06. The molecule has 0 aliphatic rings. The molecule has 0 atom stereocenters. The Morgan fingerprint density at radius 3 is 2.33 bits per heavy atom. The zero-order valence-corrected chi connectivity index (χ0v) is 10.3. The summed E-state index contributed by atoms with van der Waals surface area (Å²) in [6, 6.07) is 8.18. The molecule has 0 amide bonds. The minimum absolute atomic E-state index is 0.0640. The van der Waals surface area contributed by atoms with E-state index in [-0.39, 0.29) is 11.6 Å². The quantitative estimate of drug-likeness (QED) is 0.819. The Morgan fingerprint density at radius 2 is 1.80 bits per heavy atom. The molecule has 0 bridgehead atoms. The van der Waals surface area contributed by atoms with Crippen molar-refractivity contribution >= 4 is 0 Å². The monoisotopic (exact) mass is 207 g/mol. The molecule has 1 aromatic rings. The first-order chi connectivity index (χ1) is 6.97. The lowest BCUT2D eigenvalue weighted by atomic mass is 9.93. The Bertz CT molecular complexity index is 318. The van der Waals surface area contributed by atoms with Gasteiger partial charge in [-0.1, -0.05) is 18.2 Å². The highest BCUT2D eigenvalue weighted by atomic mass is 16.5. The average Bonchev–Trinajstić information content (AvgIpc) is 2.17. The number of para-hydroxylation sites is 1. The van der Waals surface area contributed by atoms with Gasteiger partial charge in [-0.2, -0.15) is 0 Å². The topological polar surface area (TPSA) is 21.3 Å². The Hall–Kier alpha value is -1.02. The van der Waals surface area contributed by atoms with Crippen molar-refractivity contribution in [3.05, 3.63) is 29.8 Å². The normalized spacial score (nSPS) is 11.9. The van der Waals surface area contributed by atoms with E-state index in [1.54, 1.807) is 0 Å². The molecule has 0 unspecified atom stereocenters. The molecule has 0 aromatic heterocycles. The Kier molecular flexibility index (Phi) is 3.75. The van der Waals surface area contributed by atoms with Crippen LogP contribution in [-0.2, 0) is 5.54 Å². The SMILES string of the molecule is CNC(C)(C)c1ccccc1OC(C)C. The van der Waals surface area contributed by atoms with Gasteiger partial charge in [-0.3, -0.25) is 0 Å². The molecular formula is C13H21NO. The van der Waals surface area contributed by atoms with Gasteiger partial charge in [-0.25, -0.2) is 0 Å². The smallest absolute Gasteiger partial charge is 0.124 e. The fraction of sp³-hybridized carbons (Fsp3) is 0.538. The molecule has 1 aromatic carbocycles. The standard InChI is InChI=1S/C13H21NO/c1-10(2)15-12-9-7-6-8-11(12)13(3,4)14-5/h6-10,14H,1-5H3. The van der Waals surface area contributed by atoms with E-state index < -0.39 is 0 Å². The van der Waals surface area contributed by atoms with Crippen molar-refractivity contribution in [2.45, 2.75) is 39.3 Å². The molecule has 2 heteroatoms. The fourth-order valence-corrected chi connectivity index (χ4v) is 1.47. The highest BCUT2D eigenvalue weighted by molar-refractivity contribution is 5.38. The van der Waals surface area contributed by atoms with Gasteiger partial charge in [0.2, 0.25) is 0 Å². The van der Waals surface area contributed by atoms with Crippen molar-refractivity contribution in [1.29, 1.82) is 0 Å². The van der Waals surface area contributed by atoms with Crippen LogP contribution >= 0.6 is 0 Å². The summed E-state index contributed by atoms with van der Waals surface area (Å²) in [4.78, 5) is 0. The molecule has 0 spiro atoms. The highest BCUT2D eigenvalue weighted by Crippen LogP contribution is 2.29. The van der Waals surface area contributed by atoms with Gasteiger partial charge in [0.25, 0.3) is 0 Å². The zero-order chi connectivity index (χ0) is 11.5. The Morgan fingerprint density at radius 1 is 1.20 bits per heavy atom. The second-order valence-electron chi connectivity index (χ2n) is 4.54. The van der Waals surface area contributed by atoms with Crippen LogP contribution in [0, 0.1) is 0 Å². The number of hydrogen-bond acceptors (Lipinski definition) is 2.